The third-order valence-electron chi connectivity index (χ3n) is 5.60. The van der Waals surface area contributed by atoms with Gasteiger partial charge in [-0.3, -0.25) is 0 Å². The zero-order valence-electron chi connectivity index (χ0n) is 12.3. The lowest BCUT2D eigenvalue weighted by Gasteiger charge is -2.57. The molecular formula is C15H26N2O3. The van der Waals surface area contributed by atoms with E-state index < -0.39 is 0 Å². The molecule has 2 amide bonds. The van der Waals surface area contributed by atoms with Crippen LogP contribution in [0.4, 0.5) is 4.79 Å². The number of carbonyl (C=O) groups is 1. The molecule has 0 radical (unpaired) electrons. The molecule has 3 fully saturated rings. The zero-order chi connectivity index (χ0) is 14.2. The minimum atomic E-state index is -0.0248. The van der Waals surface area contributed by atoms with Crippen LogP contribution >= 0.6 is 0 Å². The first-order chi connectivity index (χ1) is 9.73. The molecule has 114 valence electrons. The lowest BCUT2D eigenvalue weighted by Crippen LogP contribution is -2.69. The molecule has 3 rings (SSSR count). The Morgan fingerprint density at radius 2 is 2.20 bits per heavy atom. The minimum Gasteiger partial charge on any atom is -0.395 e. The summed E-state index contributed by atoms with van der Waals surface area (Å²) in [6, 6.07) is 0.251. The van der Waals surface area contributed by atoms with Gasteiger partial charge in [-0.2, -0.15) is 0 Å². The van der Waals surface area contributed by atoms with Crippen molar-refractivity contribution in [2.45, 2.75) is 51.2 Å². The van der Waals surface area contributed by atoms with E-state index in [0.29, 0.717) is 25.1 Å². The molecule has 1 aliphatic heterocycles. The summed E-state index contributed by atoms with van der Waals surface area (Å²) in [5.41, 5.74) is 0.204. The molecule has 0 aromatic heterocycles. The number of likely N-dealkylation sites (N-methyl/N-ethyl adjacent to an activating group) is 1. The fourth-order valence-corrected chi connectivity index (χ4v) is 4.65. The number of amides is 2. The average Bonchev–Trinajstić information content (AvgIpc) is 3.09. The highest BCUT2D eigenvalue weighted by atomic mass is 16.5. The van der Waals surface area contributed by atoms with E-state index in [2.05, 4.69) is 5.32 Å². The van der Waals surface area contributed by atoms with Crippen molar-refractivity contribution in [3.8, 4) is 0 Å². The molecule has 5 heteroatoms. The van der Waals surface area contributed by atoms with E-state index in [1.54, 1.807) is 4.90 Å². The van der Waals surface area contributed by atoms with E-state index in [4.69, 9.17) is 9.84 Å². The highest BCUT2D eigenvalue weighted by Gasteiger charge is 2.65. The van der Waals surface area contributed by atoms with E-state index in [0.717, 1.165) is 13.0 Å². The Kier molecular flexibility index (Phi) is 3.91. The number of ether oxygens (including phenoxy) is 1. The van der Waals surface area contributed by atoms with E-state index >= 15 is 0 Å². The molecule has 3 unspecified atom stereocenters. The van der Waals surface area contributed by atoms with Gasteiger partial charge in [-0.05, 0) is 26.2 Å². The second kappa shape index (κ2) is 5.53. The molecule has 2 aliphatic carbocycles. The van der Waals surface area contributed by atoms with E-state index in [9.17, 15) is 4.79 Å². The summed E-state index contributed by atoms with van der Waals surface area (Å²) in [4.78, 5) is 14.0. The van der Waals surface area contributed by atoms with Gasteiger partial charge >= 0.3 is 6.03 Å². The van der Waals surface area contributed by atoms with Gasteiger partial charge in [0.25, 0.3) is 0 Å². The minimum absolute atomic E-state index is 0.0201. The number of aliphatic hydroxyl groups is 1. The molecule has 1 spiro atoms. The molecule has 0 aromatic carbocycles. The summed E-state index contributed by atoms with van der Waals surface area (Å²) < 4.78 is 5.93. The third-order valence-corrected chi connectivity index (χ3v) is 5.60. The second-order valence-corrected chi connectivity index (χ2v) is 6.41. The van der Waals surface area contributed by atoms with Crippen LogP contribution in [0.3, 0.4) is 0 Å². The summed E-state index contributed by atoms with van der Waals surface area (Å²) >= 11 is 0. The molecule has 0 aromatic rings. The first kappa shape index (κ1) is 14.1. The molecular weight excluding hydrogens is 256 g/mol. The molecule has 20 heavy (non-hydrogen) atoms. The molecule has 1 heterocycles. The normalized spacial score (nSPS) is 33.8. The largest absolute Gasteiger partial charge is 0.395 e. The predicted octanol–water partition coefficient (Wildman–Crippen LogP) is 1.36. The van der Waals surface area contributed by atoms with E-state index in [1.165, 1.54) is 25.7 Å². The van der Waals surface area contributed by atoms with Gasteiger partial charge < -0.3 is 20.1 Å². The van der Waals surface area contributed by atoms with Crippen molar-refractivity contribution in [1.29, 1.82) is 0 Å². The lowest BCUT2D eigenvalue weighted by molar-refractivity contribution is -0.127. The van der Waals surface area contributed by atoms with Crippen molar-refractivity contribution in [3.05, 3.63) is 0 Å². The SMILES string of the molecule is CCN(CCO)C(=O)NC1C2CCOC2C12CCCC2. The predicted molar refractivity (Wildman–Crippen MR) is 75.4 cm³/mol. The maximum atomic E-state index is 12.4. The Labute approximate surface area is 120 Å². The molecule has 2 saturated carbocycles. The third kappa shape index (κ3) is 2.02. The molecule has 1 saturated heterocycles. The smallest absolute Gasteiger partial charge is 0.317 e. The Morgan fingerprint density at radius 3 is 2.85 bits per heavy atom. The van der Waals surface area contributed by atoms with Crippen molar-refractivity contribution < 1.29 is 14.6 Å². The number of hydrogen-bond acceptors (Lipinski definition) is 3. The summed E-state index contributed by atoms with van der Waals surface area (Å²) in [7, 11) is 0. The Morgan fingerprint density at radius 1 is 1.45 bits per heavy atom. The Balaban J connectivity index is 1.68. The maximum absolute atomic E-state index is 12.4. The van der Waals surface area contributed by atoms with Crippen molar-refractivity contribution in [2.24, 2.45) is 11.3 Å². The molecule has 2 N–H and O–H groups in total. The monoisotopic (exact) mass is 282 g/mol. The highest BCUT2D eigenvalue weighted by molar-refractivity contribution is 5.75. The number of hydrogen-bond donors (Lipinski definition) is 2. The van der Waals surface area contributed by atoms with Crippen LogP contribution in [0.1, 0.15) is 39.0 Å². The van der Waals surface area contributed by atoms with Gasteiger partial charge in [-0.1, -0.05) is 12.8 Å². The van der Waals surface area contributed by atoms with Gasteiger partial charge in [0.1, 0.15) is 0 Å². The number of aliphatic hydroxyl groups excluding tert-OH is 1. The summed E-state index contributed by atoms with van der Waals surface area (Å²) in [5.74, 6) is 0.505. The Hall–Kier alpha value is -0.810. The maximum Gasteiger partial charge on any atom is 0.317 e. The number of nitrogens with one attached hydrogen (secondary N) is 1. The van der Waals surface area contributed by atoms with Crippen LogP contribution in [0.25, 0.3) is 0 Å². The number of rotatable bonds is 4. The van der Waals surface area contributed by atoms with Gasteiger partial charge in [-0.15, -0.1) is 0 Å². The zero-order valence-corrected chi connectivity index (χ0v) is 12.3. The fraction of sp³-hybridized carbons (Fsp3) is 0.933. The Bertz CT molecular complexity index is 368. The van der Waals surface area contributed by atoms with Crippen molar-refractivity contribution in [1.82, 2.24) is 10.2 Å². The molecule has 5 nitrogen and oxygen atoms in total. The van der Waals surface area contributed by atoms with Crippen LogP contribution in [0, 0.1) is 11.3 Å². The second-order valence-electron chi connectivity index (χ2n) is 6.41. The van der Waals surface area contributed by atoms with Crippen molar-refractivity contribution >= 4 is 6.03 Å². The van der Waals surface area contributed by atoms with Crippen LogP contribution in [-0.4, -0.2) is 54.5 Å². The summed E-state index contributed by atoms with van der Waals surface area (Å²) in [6.07, 6.45) is 6.34. The summed E-state index contributed by atoms with van der Waals surface area (Å²) in [6.45, 7) is 3.86. The van der Waals surface area contributed by atoms with Crippen LogP contribution in [0.2, 0.25) is 0 Å². The molecule has 0 bridgehead atoms. The van der Waals surface area contributed by atoms with Crippen LogP contribution < -0.4 is 5.32 Å². The van der Waals surface area contributed by atoms with Crippen LogP contribution in [-0.2, 0) is 4.74 Å². The van der Waals surface area contributed by atoms with Crippen molar-refractivity contribution in [3.63, 3.8) is 0 Å². The number of nitrogens with zero attached hydrogens (tertiary/aromatic N) is 1. The van der Waals surface area contributed by atoms with Gasteiger partial charge in [0.05, 0.1) is 12.7 Å². The van der Waals surface area contributed by atoms with Crippen LogP contribution in [0.5, 0.6) is 0 Å². The number of urea groups is 1. The first-order valence-electron chi connectivity index (χ1n) is 8.01. The summed E-state index contributed by atoms with van der Waals surface area (Å²) in [5, 5.41) is 12.3. The standard InChI is InChI=1S/C15H26N2O3/c1-2-17(8-9-18)14(19)16-12-11-5-10-20-13(11)15(12)6-3-4-7-15/h11-13,18H,2-10H2,1H3,(H,16,19). The number of carbonyl (C=O) groups excluding carboxylic acids is 1. The fourth-order valence-electron chi connectivity index (χ4n) is 4.65. The topological polar surface area (TPSA) is 61.8 Å². The quantitative estimate of drug-likeness (QED) is 0.818. The molecule has 3 aliphatic rings. The van der Waals surface area contributed by atoms with Gasteiger partial charge in [-0.25, -0.2) is 4.79 Å². The van der Waals surface area contributed by atoms with E-state index in [-0.39, 0.29) is 24.1 Å². The van der Waals surface area contributed by atoms with Gasteiger partial charge in [0, 0.05) is 37.1 Å². The van der Waals surface area contributed by atoms with Crippen molar-refractivity contribution in [2.75, 3.05) is 26.3 Å². The highest BCUT2D eigenvalue weighted by Crippen LogP contribution is 2.60. The van der Waals surface area contributed by atoms with E-state index in [1.807, 2.05) is 6.92 Å². The first-order valence-corrected chi connectivity index (χ1v) is 8.01. The van der Waals surface area contributed by atoms with Gasteiger partial charge in [0.2, 0.25) is 0 Å². The van der Waals surface area contributed by atoms with Crippen LogP contribution in [0.15, 0.2) is 0 Å². The van der Waals surface area contributed by atoms with Gasteiger partial charge in [0.15, 0.2) is 0 Å². The average molecular weight is 282 g/mol. The molecule has 3 atom stereocenters. The lowest BCUT2D eigenvalue weighted by atomic mass is 9.54. The number of fused-ring (bicyclic) bond motifs is 2.